The zero-order valence-electron chi connectivity index (χ0n) is 45.4. The number of carboxylic acid groups (broad SMARTS) is 2. The largest absolute Gasteiger partial charge is 0.477 e. The first-order valence-electron chi connectivity index (χ1n) is 24.4. The minimum Gasteiger partial charge on any atom is -0.477 e. The predicted molar refractivity (Wildman–Crippen MR) is 311 cm³/mol. The number of hydrogen-bond donors (Lipinski definition) is 9. The molecular formula is C58H63N15O7. The highest BCUT2D eigenvalue weighted by Gasteiger charge is 2.17. The number of esters is 1. The molecule has 0 aliphatic rings. The summed E-state index contributed by atoms with van der Waals surface area (Å²) in [4.78, 5) is 70.2. The molecule has 80 heavy (non-hydrogen) atoms. The number of primary amides is 1. The number of nitriles is 2. The molecule has 3 heterocycles. The van der Waals surface area contributed by atoms with Crippen LogP contribution in [0.4, 0.5) is 52.4 Å². The van der Waals surface area contributed by atoms with Gasteiger partial charge >= 0.3 is 17.9 Å². The zero-order valence-corrected chi connectivity index (χ0v) is 45.4. The summed E-state index contributed by atoms with van der Waals surface area (Å²) < 4.78 is 5.02. The number of carbonyl (C=O) groups excluding carboxylic acids is 2. The summed E-state index contributed by atoms with van der Waals surface area (Å²) in [6.45, 7) is 15.3. The normalized spacial score (nSPS) is 8.97. The van der Waals surface area contributed by atoms with E-state index in [1.54, 1.807) is 86.6 Å². The lowest BCUT2D eigenvalue weighted by molar-refractivity contribution is 0.0525. The number of hydrogen-bond acceptors (Lipinski definition) is 19. The van der Waals surface area contributed by atoms with Crippen molar-refractivity contribution in [3.8, 4) is 61.0 Å². The van der Waals surface area contributed by atoms with Crippen LogP contribution >= 0.6 is 0 Å². The minimum atomic E-state index is -1.10. The Balaban J connectivity index is 0.000000548. The van der Waals surface area contributed by atoms with E-state index in [1.807, 2.05) is 40.7 Å². The van der Waals surface area contributed by atoms with Gasteiger partial charge in [0, 0.05) is 60.9 Å². The first kappa shape index (κ1) is 66.8. The van der Waals surface area contributed by atoms with Crippen molar-refractivity contribution in [3.05, 3.63) is 125 Å². The molecule has 0 fully saturated rings. The van der Waals surface area contributed by atoms with Crippen molar-refractivity contribution in [1.82, 2.24) is 29.9 Å². The summed E-state index contributed by atoms with van der Waals surface area (Å²) in [5, 5.41) is 53.9. The second-order valence-electron chi connectivity index (χ2n) is 15.2. The highest BCUT2D eigenvalue weighted by Crippen LogP contribution is 2.22. The second-order valence-corrected chi connectivity index (χ2v) is 15.2. The quantitative estimate of drug-likeness (QED) is 0.0254. The molecule has 0 saturated carbocycles. The van der Waals surface area contributed by atoms with Gasteiger partial charge in [-0.25, -0.2) is 29.3 Å². The molecule has 0 aliphatic carbocycles. The van der Waals surface area contributed by atoms with E-state index in [0.717, 1.165) is 24.9 Å². The van der Waals surface area contributed by atoms with Crippen molar-refractivity contribution in [2.75, 3.05) is 58.1 Å². The molecule has 0 spiro atoms. The molecule has 1 amide bonds. The van der Waals surface area contributed by atoms with Gasteiger partial charge in [-0.05, 0) is 132 Å². The van der Waals surface area contributed by atoms with Crippen molar-refractivity contribution in [2.24, 2.45) is 5.73 Å². The van der Waals surface area contributed by atoms with Gasteiger partial charge in [0.1, 0.15) is 34.1 Å². The second kappa shape index (κ2) is 39.2. The number of carboxylic acids is 2. The number of nitrogens with zero attached hydrogens (tertiary/aromatic N) is 8. The number of nitrogens with one attached hydrogen (secondary N) is 6. The summed E-state index contributed by atoms with van der Waals surface area (Å²) in [7, 11) is 0. The number of amides is 1. The number of aromatic nitrogens is 6. The maximum atomic E-state index is 12.0. The average Bonchev–Trinajstić information content (AvgIpc) is 3.48. The van der Waals surface area contributed by atoms with Gasteiger partial charge in [-0.15, -0.1) is 31.1 Å². The van der Waals surface area contributed by atoms with E-state index in [2.05, 4.69) is 110 Å². The summed E-state index contributed by atoms with van der Waals surface area (Å²) in [5.41, 5.74) is 9.15. The van der Waals surface area contributed by atoms with Crippen molar-refractivity contribution < 1.29 is 34.1 Å². The molecule has 0 atom stereocenters. The molecule has 3 aromatic carbocycles. The Morgan fingerprint density at radius 3 is 1.16 bits per heavy atom. The third-order valence-electron chi connectivity index (χ3n) is 9.36. The summed E-state index contributed by atoms with van der Waals surface area (Å²) >= 11 is 0. The molecule has 0 radical (unpaired) electrons. The number of ether oxygens (including phenoxy) is 1. The molecule has 0 aliphatic heterocycles. The van der Waals surface area contributed by atoms with Gasteiger partial charge in [-0.2, -0.15) is 25.5 Å². The van der Waals surface area contributed by atoms with Crippen molar-refractivity contribution in [2.45, 2.75) is 67.7 Å². The van der Waals surface area contributed by atoms with E-state index in [1.165, 1.54) is 18.6 Å². The van der Waals surface area contributed by atoms with E-state index in [4.69, 9.17) is 37.6 Å². The van der Waals surface area contributed by atoms with E-state index >= 15 is 0 Å². The van der Waals surface area contributed by atoms with Gasteiger partial charge in [0.15, 0.2) is 0 Å². The SMILES string of the molecule is C#C.C#CC#CC.CC#CC.CCCNc1nc(Nc2ccc(C#N)cc2)ncc1C(=O)O.CCCNc1nc(Nc2ccc(C#N)cc2)ncc1C(=O)OCC.CCCNc1nc(Nc2ccc(C(N)=O)cc2)ncc1C(=O)O. The van der Waals surface area contributed by atoms with Crippen LogP contribution in [-0.2, 0) is 4.74 Å². The number of carbonyl (C=O) groups is 4. The highest BCUT2D eigenvalue weighted by atomic mass is 16.5. The Morgan fingerprint density at radius 1 is 0.562 bits per heavy atom. The van der Waals surface area contributed by atoms with Crippen LogP contribution < -0.4 is 37.6 Å². The number of benzene rings is 3. The third kappa shape index (κ3) is 24.9. The van der Waals surface area contributed by atoms with Gasteiger partial charge in [0.25, 0.3) is 0 Å². The molecular weight excluding hydrogens is 1020 g/mol. The average molecular weight is 1080 g/mol. The first-order valence-corrected chi connectivity index (χ1v) is 24.4. The molecule has 22 nitrogen and oxygen atoms in total. The lowest BCUT2D eigenvalue weighted by Gasteiger charge is -2.12. The molecule has 6 rings (SSSR count). The van der Waals surface area contributed by atoms with Crippen LogP contribution in [0, 0.1) is 71.5 Å². The zero-order chi connectivity index (χ0) is 59.7. The number of terminal acetylenes is 2. The fourth-order valence-electron chi connectivity index (χ4n) is 5.57. The number of nitrogens with two attached hydrogens (primary N) is 1. The Labute approximate surface area is 466 Å². The summed E-state index contributed by atoms with van der Waals surface area (Å²) in [5.74, 6) is 11.1. The van der Waals surface area contributed by atoms with Crippen molar-refractivity contribution in [1.29, 1.82) is 10.5 Å². The van der Waals surface area contributed by atoms with Crippen LogP contribution in [0.1, 0.15) is 120 Å². The van der Waals surface area contributed by atoms with Gasteiger partial charge in [-0.1, -0.05) is 26.7 Å². The van der Waals surface area contributed by atoms with Crippen LogP contribution in [0.25, 0.3) is 0 Å². The van der Waals surface area contributed by atoms with E-state index in [0.29, 0.717) is 65.0 Å². The summed E-state index contributed by atoms with van der Waals surface area (Å²) in [6, 6.07) is 24.3. The maximum absolute atomic E-state index is 12.0. The fraction of sp³-hybridized carbons (Fsp3) is 0.241. The number of rotatable bonds is 20. The highest BCUT2D eigenvalue weighted by molar-refractivity contribution is 5.95. The Hall–Kier alpha value is -11.2. The monoisotopic (exact) mass is 1080 g/mol. The van der Waals surface area contributed by atoms with Crippen molar-refractivity contribution in [3.63, 3.8) is 0 Å². The Bertz CT molecular complexity index is 3210. The molecule has 412 valence electrons. The first-order chi connectivity index (χ1) is 38.6. The molecule has 6 aromatic rings. The smallest absolute Gasteiger partial charge is 0.343 e. The van der Waals surface area contributed by atoms with Crippen LogP contribution in [-0.4, -0.2) is 90.2 Å². The van der Waals surface area contributed by atoms with E-state index in [-0.39, 0.29) is 41.3 Å². The van der Waals surface area contributed by atoms with Gasteiger partial charge in [0.2, 0.25) is 23.8 Å². The predicted octanol–water partition coefficient (Wildman–Crippen LogP) is 9.46. The molecule has 0 bridgehead atoms. The van der Waals surface area contributed by atoms with Crippen LogP contribution in [0.15, 0.2) is 91.4 Å². The molecule has 3 aromatic heterocycles. The van der Waals surface area contributed by atoms with E-state index in [9.17, 15) is 19.2 Å². The fourth-order valence-corrected chi connectivity index (χ4v) is 5.57. The molecule has 22 heteroatoms. The third-order valence-corrected chi connectivity index (χ3v) is 9.36. The van der Waals surface area contributed by atoms with Crippen molar-refractivity contribution >= 4 is 76.2 Å². The van der Waals surface area contributed by atoms with Gasteiger partial charge in [0.05, 0.1) is 29.9 Å². The number of anilines is 9. The van der Waals surface area contributed by atoms with E-state index < -0.39 is 23.8 Å². The van der Waals surface area contributed by atoms with Crippen LogP contribution in [0.2, 0.25) is 0 Å². The number of aromatic carboxylic acids is 2. The molecule has 10 N–H and O–H groups in total. The topological polar surface area (TPSA) is 341 Å². The Kier molecular flexibility index (Phi) is 32.8. The Morgan fingerprint density at radius 2 is 0.900 bits per heavy atom. The van der Waals surface area contributed by atoms with Crippen LogP contribution in [0.5, 0.6) is 0 Å². The van der Waals surface area contributed by atoms with Crippen LogP contribution in [0.3, 0.4) is 0 Å². The summed E-state index contributed by atoms with van der Waals surface area (Å²) in [6.07, 6.45) is 19.2. The van der Waals surface area contributed by atoms with Gasteiger partial charge in [-0.3, -0.25) is 4.79 Å². The standard InChI is InChI=1S/C17H19N5O2.C15H17N5O3.C15H15N5O2.C5H4.C4H6.C2H2/c1-3-9-19-15-14(16(23)24-4-2)11-20-17(22-15)21-13-7-5-12(10-18)6-8-13;1-2-7-17-13-11(14(22)23)8-18-15(20-13)19-10-5-3-9(4-6-10)12(16)21;1-2-7-17-13-12(14(21)22)9-18-15(20-13)19-11-5-3-10(8-16)4-6-11;1-3-5-4-2;1-3-4-2;1-2/h5-8,11H,3-4,9H2,1-2H3,(H2,19,20,21,22);3-6,8H,2,7H2,1H3,(H2,16,21)(H,22,23)(H2,17,18,19,20);3-6,9H,2,7H2,1H3,(H,21,22)(H2,17,18,19,20);1H,2H3;1-2H3;1-2H. The lowest BCUT2D eigenvalue weighted by atomic mass is 10.2. The van der Waals surface area contributed by atoms with Gasteiger partial charge < -0.3 is 52.6 Å². The molecule has 0 unspecified atom stereocenters. The molecule has 0 saturated heterocycles. The maximum Gasteiger partial charge on any atom is 0.343 e. The lowest BCUT2D eigenvalue weighted by Crippen LogP contribution is -2.13. The minimum absolute atomic E-state index is 0.00748.